The topological polar surface area (TPSA) is 71.5 Å². The molecule has 0 amide bonds. The predicted octanol–water partition coefficient (Wildman–Crippen LogP) is 4.80. The SMILES string of the molecule is COC(=O)c1nc(-c2cc(NO)c(C(F)(F)F)cc2Cl)c(F)cc1Cl. The molecule has 0 fully saturated rings. The molecule has 0 unspecified atom stereocenters. The molecular formula is C14H8Cl2F4N2O3. The van der Waals surface area contributed by atoms with Gasteiger partial charge in [-0.1, -0.05) is 23.2 Å². The van der Waals surface area contributed by atoms with Crippen molar-refractivity contribution in [3.63, 3.8) is 0 Å². The number of carbonyl (C=O) groups excluding carboxylic acids is 1. The molecule has 0 bridgehead atoms. The van der Waals surface area contributed by atoms with Crippen LogP contribution in [0.5, 0.6) is 0 Å². The maximum absolute atomic E-state index is 14.2. The van der Waals surface area contributed by atoms with E-state index in [1.165, 1.54) is 5.48 Å². The number of hydrogen-bond acceptors (Lipinski definition) is 5. The van der Waals surface area contributed by atoms with Gasteiger partial charge in [0.2, 0.25) is 0 Å². The van der Waals surface area contributed by atoms with Crippen molar-refractivity contribution in [1.29, 1.82) is 0 Å². The number of ether oxygens (including phenoxy) is 1. The summed E-state index contributed by atoms with van der Waals surface area (Å²) in [5.74, 6) is -2.02. The average Bonchev–Trinajstić information content (AvgIpc) is 2.53. The normalized spacial score (nSPS) is 11.4. The van der Waals surface area contributed by atoms with Gasteiger partial charge in [-0.15, -0.1) is 0 Å². The maximum atomic E-state index is 14.2. The number of methoxy groups -OCH3 is 1. The molecule has 0 atom stereocenters. The number of nitrogens with zero attached hydrogens (tertiary/aromatic N) is 1. The Bertz CT molecular complexity index is 844. The van der Waals surface area contributed by atoms with Crippen LogP contribution in [0.4, 0.5) is 23.2 Å². The summed E-state index contributed by atoms with van der Waals surface area (Å²) in [6.07, 6.45) is -4.82. The van der Waals surface area contributed by atoms with Crippen LogP contribution >= 0.6 is 23.2 Å². The lowest BCUT2D eigenvalue weighted by molar-refractivity contribution is -0.137. The van der Waals surface area contributed by atoms with Gasteiger partial charge in [-0.2, -0.15) is 13.2 Å². The third-order valence-electron chi connectivity index (χ3n) is 3.10. The van der Waals surface area contributed by atoms with Gasteiger partial charge in [0.1, 0.15) is 5.69 Å². The van der Waals surface area contributed by atoms with E-state index in [2.05, 4.69) is 9.72 Å². The van der Waals surface area contributed by atoms with Gasteiger partial charge < -0.3 is 4.74 Å². The number of benzene rings is 1. The first-order valence-electron chi connectivity index (χ1n) is 6.35. The van der Waals surface area contributed by atoms with E-state index in [0.29, 0.717) is 6.07 Å². The molecule has 0 radical (unpaired) electrons. The Kier molecular flexibility index (Phi) is 5.40. The largest absolute Gasteiger partial charge is 0.464 e. The van der Waals surface area contributed by atoms with Crippen LogP contribution in [-0.2, 0) is 10.9 Å². The molecule has 1 aromatic heterocycles. The number of aromatic nitrogens is 1. The molecular weight excluding hydrogens is 391 g/mol. The van der Waals surface area contributed by atoms with Crippen molar-refractivity contribution < 1.29 is 32.3 Å². The number of anilines is 1. The van der Waals surface area contributed by atoms with E-state index in [0.717, 1.165) is 19.2 Å². The second kappa shape index (κ2) is 7.03. The fourth-order valence-electron chi connectivity index (χ4n) is 1.98. The third-order valence-corrected chi connectivity index (χ3v) is 3.70. The monoisotopic (exact) mass is 398 g/mol. The van der Waals surface area contributed by atoms with Crippen LogP contribution in [-0.4, -0.2) is 23.3 Å². The summed E-state index contributed by atoms with van der Waals surface area (Å²) in [6.45, 7) is 0. The van der Waals surface area contributed by atoms with Gasteiger partial charge in [-0.3, -0.25) is 10.7 Å². The number of halogens is 6. The Balaban J connectivity index is 2.72. The maximum Gasteiger partial charge on any atom is 0.418 e. The van der Waals surface area contributed by atoms with Gasteiger partial charge in [0.15, 0.2) is 11.5 Å². The average molecular weight is 399 g/mol. The number of alkyl halides is 3. The van der Waals surface area contributed by atoms with E-state index in [1.54, 1.807) is 0 Å². The molecule has 5 nitrogen and oxygen atoms in total. The van der Waals surface area contributed by atoms with Crippen LogP contribution in [0.15, 0.2) is 18.2 Å². The summed E-state index contributed by atoms with van der Waals surface area (Å²) in [4.78, 5) is 15.3. The Labute approximate surface area is 148 Å². The van der Waals surface area contributed by atoms with E-state index in [9.17, 15) is 22.4 Å². The molecule has 1 heterocycles. The molecule has 2 rings (SSSR count). The quantitative estimate of drug-likeness (QED) is 0.441. The Morgan fingerprint density at radius 3 is 2.40 bits per heavy atom. The molecule has 25 heavy (non-hydrogen) atoms. The molecule has 11 heteroatoms. The highest BCUT2D eigenvalue weighted by Crippen LogP contribution is 2.41. The molecule has 2 aromatic rings. The first kappa shape index (κ1) is 19.2. The van der Waals surface area contributed by atoms with E-state index in [1.807, 2.05) is 0 Å². The van der Waals surface area contributed by atoms with Gasteiger partial charge in [0.05, 0.1) is 28.4 Å². The Hall–Kier alpha value is -2.10. The second-order valence-corrected chi connectivity index (χ2v) is 5.44. The number of esters is 1. The summed E-state index contributed by atoms with van der Waals surface area (Å²) in [7, 11) is 1.04. The van der Waals surface area contributed by atoms with Gasteiger partial charge in [0, 0.05) is 5.56 Å². The first-order chi connectivity index (χ1) is 11.6. The molecule has 0 saturated carbocycles. The summed E-state index contributed by atoms with van der Waals surface area (Å²) >= 11 is 11.5. The van der Waals surface area contributed by atoms with E-state index in [4.69, 9.17) is 28.4 Å². The molecule has 0 aliphatic carbocycles. The van der Waals surface area contributed by atoms with E-state index in [-0.39, 0.29) is 10.6 Å². The van der Waals surface area contributed by atoms with Gasteiger partial charge >= 0.3 is 12.1 Å². The van der Waals surface area contributed by atoms with Crippen LogP contribution < -0.4 is 5.48 Å². The number of nitrogens with one attached hydrogen (secondary N) is 1. The minimum absolute atomic E-state index is 0.300. The summed E-state index contributed by atoms with van der Waals surface area (Å²) in [6, 6.07) is 1.98. The third kappa shape index (κ3) is 3.78. The van der Waals surface area contributed by atoms with Gasteiger partial charge in [-0.05, 0) is 18.2 Å². The minimum Gasteiger partial charge on any atom is -0.464 e. The zero-order chi connectivity index (χ0) is 18.9. The number of pyridine rings is 1. The van der Waals surface area contributed by atoms with Gasteiger partial charge in [0.25, 0.3) is 0 Å². The molecule has 2 N–H and O–H groups in total. The van der Waals surface area contributed by atoms with Crippen molar-refractivity contribution in [2.45, 2.75) is 6.18 Å². The van der Waals surface area contributed by atoms with Crippen LogP contribution in [0.1, 0.15) is 16.1 Å². The lowest BCUT2D eigenvalue weighted by Crippen LogP contribution is -2.11. The van der Waals surface area contributed by atoms with Crippen LogP contribution in [0.2, 0.25) is 10.0 Å². The van der Waals surface area contributed by atoms with E-state index < -0.39 is 45.6 Å². The van der Waals surface area contributed by atoms with Crippen LogP contribution in [0.3, 0.4) is 0 Å². The highest BCUT2D eigenvalue weighted by atomic mass is 35.5. The van der Waals surface area contributed by atoms with Crippen molar-refractivity contribution >= 4 is 34.9 Å². The van der Waals surface area contributed by atoms with Crippen molar-refractivity contribution in [2.24, 2.45) is 0 Å². The van der Waals surface area contributed by atoms with E-state index >= 15 is 0 Å². The lowest BCUT2D eigenvalue weighted by Gasteiger charge is -2.15. The zero-order valence-electron chi connectivity index (χ0n) is 12.2. The highest BCUT2D eigenvalue weighted by Gasteiger charge is 2.35. The molecule has 0 spiro atoms. The summed E-state index contributed by atoms with van der Waals surface area (Å²) in [5, 5.41) is 8.08. The van der Waals surface area contributed by atoms with Gasteiger partial charge in [-0.25, -0.2) is 14.2 Å². The fraction of sp³-hybridized carbons (Fsp3) is 0.143. The lowest BCUT2D eigenvalue weighted by atomic mass is 10.0. The molecule has 1 aromatic carbocycles. The first-order valence-corrected chi connectivity index (χ1v) is 7.11. The standard InChI is InChI=1S/C14H8Cl2F4N2O3/c1-25-13(23)12-8(16)4-9(17)11(21-12)5-2-10(22-24)6(3-7(5)15)14(18,19)20/h2-4,22,24H,1H3. The predicted molar refractivity (Wildman–Crippen MR) is 81.4 cm³/mol. The van der Waals surface area contributed by atoms with Crippen LogP contribution in [0, 0.1) is 5.82 Å². The molecule has 0 saturated heterocycles. The second-order valence-electron chi connectivity index (χ2n) is 4.63. The number of carbonyl (C=O) groups is 1. The van der Waals surface area contributed by atoms with Crippen molar-refractivity contribution in [1.82, 2.24) is 4.98 Å². The Morgan fingerprint density at radius 2 is 1.88 bits per heavy atom. The van der Waals surface area contributed by atoms with Crippen molar-refractivity contribution in [3.8, 4) is 11.3 Å². The molecule has 0 aliphatic heterocycles. The summed E-state index contributed by atoms with van der Waals surface area (Å²) < 4.78 is 57.4. The smallest absolute Gasteiger partial charge is 0.418 e. The highest BCUT2D eigenvalue weighted by molar-refractivity contribution is 6.34. The minimum atomic E-state index is -4.82. The van der Waals surface area contributed by atoms with Crippen molar-refractivity contribution in [2.75, 3.05) is 12.6 Å². The Morgan fingerprint density at radius 1 is 1.24 bits per heavy atom. The number of rotatable bonds is 3. The number of hydrogen-bond donors (Lipinski definition) is 2. The molecule has 0 aliphatic rings. The fourth-order valence-corrected chi connectivity index (χ4v) is 2.45. The molecule has 134 valence electrons. The zero-order valence-corrected chi connectivity index (χ0v) is 13.7. The summed E-state index contributed by atoms with van der Waals surface area (Å²) in [5.41, 5.74) is -1.97. The van der Waals surface area contributed by atoms with Crippen molar-refractivity contribution in [3.05, 3.63) is 45.3 Å². The van der Waals surface area contributed by atoms with Crippen LogP contribution in [0.25, 0.3) is 11.3 Å².